The molecule has 0 bridgehead atoms. The fraction of sp³-hybridized carbons (Fsp3) is 0.231. The van der Waals surface area contributed by atoms with Crippen molar-refractivity contribution in [2.45, 2.75) is 41.9 Å². The maximum Gasteiger partial charge on any atom is 0.331 e. The Morgan fingerprint density at radius 1 is 1.06 bits per heavy atom. The molecule has 2 unspecified atom stereocenters. The van der Waals surface area contributed by atoms with E-state index < -0.39 is 5.97 Å². The molecular formula is C26H26N2O2S2. The molecule has 2 aromatic carbocycles. The molecule has 4 nitrogen and oxygen atoms in total. The molecule has 2 aliphatic rings. The summed E-state index contributed by atoms with van der Waals surface area (Å²) in [6, 6.07) is 17.2. The average Bonchev–Trinajstić information content (AvgIpc) is 3.16. The Balaban J connectivity index is 1.41. The van der Waals surface area contributed by atoms with E-state index in [-0.39, 0.29) is 0 Å². The number of hydrogen-bond donors (Lipinski definition) is 0. The van der Waals surface area contributed by atoms with Gasteiger partial charge in [-0.15, -0.1) is 0 Å². The van der Waals surface area contributed by atoms with Crippen LogP contribution in [0.15, 0.2) is 92.8 Å². The first-order valence-electron chi connectivity index (χ1n) is 10.6. The van der Waals surface area contributed by atoms with Crippen molar-refractivity contribution in [2.75, 3.05) is 6.54 Å². The topological polar surface area (TPSA) is 41.9 Å². The zero-order valence-corrected chi connectivity index (χ0v) is 20.0. The van der Waals surface area contributed by atoms with Gasteiger partial charge in [-0.2, -0.15) is 0 Å². The Bertz CT molecular complexity index is 1090. The van der Waals surface area contributed by atoms with E-state index in [1.807, 2.05) is 30.8 Å². The summed E-state index contributed by atoms with van der Waals surface area (Å²) in [4.78, 5) is 20.4. The minimum atomic E-state index is -0.420. The van der Waals surface area contributed by atoms with Gasteiger partial charge in [0.25, 0.3) is 0 Å². The molecule has 0 spiro atoms. The first-order chi connectivity index (χ1) is 15.5. The van der Waals surface area contributed by atoms with Crippen molar-refractivity contribution >= 4 is 41.3 Å². The van der Waals surface area contributed by atoms with Crippen molar-refractivity contribution in [2.24, 2.45) is 5.16 Å². The molecule has 1 fully saturated rings. The smallest absolute Gasteiger partial charge is 0.331 e. The van der Waals surface area contributed by atoms with E-state index in [2.05, 4.69) is 83.8 Å². The highest BCUT2D eigenvalue weighted by Gasteiger charge is 2.34. The Kier molecular flexibility index (Phi) is 7.22. The van der Waals surface area contributed by atoms with Crippen molar-refractivity contribution in [1.29, 1.82) is 0 Å². The standard InChI is InChI=1S/C26H26N2O2S2/c1-4-28-24-7-5-6-8-25(24)32-26(28)17-20-9-13-22(14-10-20)31-23-15-11-21(12-16-23)18(2)27-30-19(3)29/h5-17,24-25H,4H2,1-3H3/b26-17-,27-18+. The predicted octanol–water partition coefficient (Wildman–Crippen LogP) is 6.36. The lowest BCUT2D eigenvalue weighted by Crippen LogP contribution is -2.32. The number of hydrogen-bond acceptors (Lipinski definition) is 6. The second-order valence-electron chi connectivity index (χ2n) is 7.57. The van der Waals surface area contributed by atoms with Gasteiger partial charge in [0.1, 0.15) is 0 Å². The third kappa shape index (κ3) is 5.37. The van der Waals surface area contributed by atoms with Crippen LogP contribution in [0, 0.1) is 0 Å². The molecule has 1 aliphatic heterocycles. The lowest BCUT2D eigenvalue weighted by Gasteiger charge is -2.25. The van der Waals surface area contributed by atoms with E-state index in [0.29, 0.717) is 17.0 Å². The minimum Gasteiger partial charge on any atom is -0.359 e. The molecule has 6 heteroatoms. The Morgan fingerprint density at radius 3 is 2.38 bits per heavy atom. The lowest BCUT2D eigenvalue weighted by atomic mass is 10.1. The summed E-state index contributed by atoms with van der Waals surface area (Å²) >= 11 is 3.66. The van der Waals surface area contributed by atoms with Gasteiger partial charge in [0, 0.05) is 23.3 Å². The third-order valence-electron chi connectivity index (χ3n) is 5.29. The molecule has 4 rings (SSSR count). The zero-order chi connectivity index (χ0) is 22.5. The predicted molar refractivity (Wildman–Crippen MR) is 135 cm³/mol. The Labute approximate surface area is 198 Å². The number of fused-ring (bicyclic) bond motifs is 1. The maximum absolute atomic E-state index is 10.9. The van der Waals surface area contributed by atoms with Gasteiger partial charge in [0.2, 0.25) is 0 Å². The SMILES string of the molecule is CCN1/C(=C/c2ccc(Sc3ccc(/C(C)=N/OC(C)=O)cc3)cc2)SC2C=CC=CC21. The zero-order valence-electron chi connectivity index (χ0n) is 18.4. The fourth-order valence-electron chi connectivity index (χ4n) is 3.66. The first kappa shape index (κ1) is 22.5. The number of carbonyl (C=O) groups is 1. The second kappa shape index (κ2) is 10.3. The maximum atomic E-state index is 10.9. The quantitative estimate of drug-likeness (QED) is 0.284. The summed E-state index contributed by atoms with van der Waals surface area (Å²) in [5.74, 6) is -0.420. The average molecular weight is 463 g/mol. The van der Waals surface area contributed by atoms with Crippen molar-refractivity contribution in [1.82, 2.24) is 4.90 Å². The van der Waals surface area contributed by atoms with E-state index in [4.69, 9.17) is 4.84 Å². The molecule has 2 atom stereocenters. The molecule has 164 valence electrons. The van der Waals surface area contributed by atoms with Crippen LogP contribution in [0.2, 0.25) is 0 Å². The van der Waals surface area contributed by atoms with Crippen LogP contribution in [-0.4, -0.2) is 34.4 Å². The molecule has 2 aromatic rings. The molecule has 1 aliphatic carbocycles. The third-order valence-corrected chi connectivity index (χ3v) is 7.60. The second-order valence-corrected chi connectivity index (χ2v) is 9.91. The number of allylic oxidation sites excluding steroid dienone is 2. The number of rotatable bonds is 6. The molecule has 0 N–H and O–H groups in total. The van der Waals surface area contributed by atoms with Gasteiger partial charge >= 0.3 is 5.97 Å². The normalized spacial score (nSPS) is 21.2. The van der Waals surface area contributed by atoms with Gasteiger partial charge in [-0.05, 0) is 55.3 Å². The molecule has 0 amide bonds. The van der Waals surface area contributed by atoms with Crippen LogP contribution in [0.4, 0.5) is 0 Å². The van der Waals surface area contributed by atoms with E-state index >= 15 is 0 Å². The Morgan fingerprint density at radius 2 is 1.72 bits per heavy atom. The number of likely N-dealkylation sites (N-methyl/N-ethyl adjacent to an activating group) is 1. The highest BCUT2D eigenvalue weighted by molar-refractivity contribution is 8.04. The van der Waals surface area contributed by atoms with Gasteiger partial charge in [-0.25, -0.2) is 4.79 Å². The largest absolute Gasteiger partial charge is 0.359 e. The molecule has 0 saturated carbocycles. The minimum absolute atomic E-state index is 0.420. The van der Waals surface area contributed by atoms with Crippen LogP contribution in [0.3, 0.4) is 0 Å². The number of nitrogens with zero attached hydrogens (tertiary/aromatic N) is 2. The highest BCUT2D eigenvalue weighted by Crippen LogP contribution is 2.42. The molecule has 1 saturated heterocycles. The van der Waals surface area contributed by atoms with Crippen LogP contribution >= 0.6 is 23.5 Å². The summed E-state index contributed by atoms with van der Waals surface area (Å²) in [5, 5.41) is 5.68. The van der Waals surface area contributed by atoms with Crippen LogP contribution in [0.25, 0.3) is 6.08 Å². The van der Waals surface area contributed by atoms with Gasteiger partial charge in [-0.3, -0.25) is 0 Å². The molecule has 32 heavy (non-hydrogen) atoms. The van der Waals surface area contributed by atoms with E-state index in [0.717, 1.165) is 17.0 Å². The molecule has 0 radical (unpaired) electrons. The molecule has 1 heterocycles. The van der Waals surface area contributed by atoms with Crippen molar-refractivity contribution in [3.05, 3.63) is 89.0 Å². The van der Waals surface area contributed by atoms with Crippen LogP contribution in [0.1, 0.15) is 31.9 Å². The summed E-state index contributed by atoms with van der Waals surface area (Å²) in [5.41, 5.74) is 2.82. The van der Waals surface area contributed by atoms with Gasteiger partial charge < -0.3 is 9.74 Å². The van der Waals surface area contributed by atoms with Crippen LogP contribution in [0.5, 0.6) is 0 Å². The Hall–Kier alpha value is -2.70. The van der Waals surface area contributed by atoms with Crippen molar-refractivity contribution in [3.8, 4) is 0 Å². The number of carbonyl (C=O) groups excluding carboxylic acids is 1. The van der Waals surface area contributed by atoms with E-state index in [9.17, 15) is 4.79 Å². The monoisotopic (exact) mass is 462 g/mol. The van der Waals surface area contributed by atoms with Gasteiger partial charge in [-0.1, -0.05) is 77.2 Å². The summed E-state index contributed by atoms with van der Waals surface area (Å²) < 4.78 is 0. The summed E-state index contributed by atoms with van der Waals surface area (Å²) in [7, 11) is 0. The van der Waals surface area contributed by atoms with Crippen molar-refractivity contribution < 1.29 is 9.63 Å². The van der Waals surface area contributed by atoms with E-state index in [1.165, 1.54) is 22.4 Å². The molecule has 0 aromatic heterocycles. The lowest BCUT2D eigenvalue weighted by molar-refractivity contribution is -0.140. The summed E-state index contributed by atoms with van der Waals surface area (Å²) in [6.07, 6.45) is 11.2. The highest BCUT2D eigenvalue weighted by atomic mass is 32.2. The van der Waals surface area contributed by atoms with Gasteiger partial charge in [0.05, 0.1) is 22.0 Å². The number of thioether (sulfide) groups is 1. The molecular weight excluding hydrogens is 436 g/mol. The fourth-order valence-corrected chi connectivity index (χ4v) is 5.90. The van der Waals surface area contributed by atoms with Crippen LogP contribution in [-0.2, 0) is 9.63 Å². The number of oxime groups is 1. The number of benzene rings is 2. The van der Waals surface area contributed by atoms with Crippen LogP contribution < -0.4 is 0 Å². The van der Waals surface area contributed by atoms with Crippen molar-refractivity contribution in [3.63, 3.8) is 0 Å². The van der Waals surface area contributed by atoms with E-state index in [1.54, 1.807) is 11.8 Å². The summed E-state index contributed by atoms with van der Waals surface area (Å²) in [6.45, 7) is 6.39. The van der Waals surface area contributed by atoms with Gasteiger partial charge in [0.15, 0.2) is 0 Å². The first-order valence-corrected chi connectivity index (χ1v) is 12.3.